The van der Waals surface area contributed by atoms with E-state index in [4.69, 9.17) is 4.42 Å². The van der Waals surface area contributed by atoms with Gasteiger partial charge in [-0.05, 0) is 19.1 Å². The molecule has 0 bridgehead atoms. The van der Waals surface area contributed by atoms with Gasteiger partial charge in [0.05, 0.1) is 19.8 Å². The Bertz CT molecular complexity index is 846. The number of aldehydes is 1. The maximum absolute atomic E-state index is 12.0. The van der Waals surface area contributed by atoms with Crippen LogP contribution in [0.2, 0.25) is 0 Å². The Labute approximate surface area is 138 Å². The van der Waals surface area contributed by atoms with Crippen LogP contribution in [0.5, 0.6) is 0 Å². The van der Waals surface area contributed by atoms with Gasteiger partial charge in [0.25, 0.3) is 0 Å². The molecule has 0 N–H and O–H groups in total. The summed E-state index contributed by atoms with van der Waals surface area (Å²) in [6, 6.07) is 7.34. The highest BCUT2D eigenvalue weighted by atomic mass is 16.5. The summed E-state index contributed by atoms with van der Waals surface area (Å²) in [4.78, 5) is 35.0. The first-order valence-electron chi connectivity index (χ1n) is 6.89. The molecule has 0 saturated carbocycles. The average molecular weight is 326 g/mol. The zero-order valence-electron chi connectivity index (χ0n) is 13.3. The number of hydrogen-bond acceptors (Lipinski definition) is 6. The standard InChI is InChI=1S/C18H14O6/c1-11-4-6-12(7-5-11)8-9-13-14(10-19)24-16(18(21)23-3)15(13)17(20)22-2/h4-7,10H,1-3H3. The highest BCUT2D eigenvalue weighted by Gasteiger charge is 2.30. The SMILES string of the molecule is COC(=O)c1oc(C=O)c(C#Cc2ccc(C)cc2)c1C(=O)OC. The Morgan fingerprint density at radius 2 is 1.67 bits per heavy atom. The monoisotopic (exact) mass is 326 g/mol. The Kier molecular flexibility index (Phi) is 5.17. The average Bonchev–Trinajstić information content (AvgIpc) is 2.98. The number of methoxy groups -OCH3 is 2. The Hall–Kier alpha value is -3.33. The molecule has 1 heterocycles. The van der Waals surface area contributed by atoms with Crippen LogP contribution >= 0.6 is 0 Å². The highest BCUT2D eigenvalue weighted by Crippen LogP contribution is 2.23. The van der Waals surface area contributed by atoms with E-state index in [9.17, 15) is 14.4 Å². The lowest BCUT2D eigenvalue weighted by Gasteiger charge is -1.99. The van der Waals surface area contributed by atoms with Crippen LogP contribution in [0.1, 0.15) is 48.2 Å². The second-order valence-corrected chi connectivity index (χ2v) is 4.76. The van der Waals surface area contributed by atoms with E-state index in [-0.39, 0.29) is 16.9 Å². The first kappa shape index (κ1) is 17.0. The normalized spacial score (nSPS) is 9.62. The maximum Gasteiger partial charge on any atom is 0.374 e. The summed E-state index contributed by atoms with van der Waals surface area (Å²) >= 11 is 0. The van der Waals surface area contributed by atoms with Crippen molar-refractivity contribution < 1.29 is 28.3 Å². The van der Waals surface area contributed by atoms with E-state index in [0.29, 0.717) is 11.8 Å². The quantitative estimate of drug-likeness (QED) is 0.489. The van der Waals surface area contributed by atoms with E-state index in [0.717, 1.165) is 19.8 Å². The topological polar surface area (TPSA) is 82.8 Å². The molecule has 0 saturated heterocycles. The van der Waals surface area contributed by atoms with Gasteiger partial charge >= 0.3 is 11.9 Å². The van der Waals surface area contributed by atoms with Crippen molar-refractivity contribution in [3.8, 4) is 11.8 Å². The van der Waals surface area contributed by atoms with Crippen molar-refractivity contribution in [3.63, 3.8) is 0 Å². The number of carbonyl (C=O) groups excluding carboxylic acids is 3. The second kappa shape index (κ2) is 7.29. The molecule has 0 fully saturated rings. The molecule has 1 aromatic carbocycles. The predicted octanol–water partition coefficient (Wildman–Crippen LogP) is 2.37. The van der Waals surface area contributed by atoms with Gasteiger partial charge in [0, 0.05) is 5.56 Å². The van der Waals surface area contributed by atoms with Gasteiger partial charge in [-0.15, -0.1) is 0 Å². The van der Waals surface area contributed by atoms with Gasteiger partial charge in [-0.25, -0.2) is 9.59 Å². The highest BCUT2D eigenvalue weighted by molar-refractivity contribution is 6.05. The molecule has 1 aromatic heterocycles. The molecule has 0 aliphatic carbocycles. The summed E-state index contributed by atoms with van der Waals surface area (Å²) in [5.41, 5.74) is 1.50. The molecule has 6 heteroatoms. The van der Waals surface area contributed by atoms with Gasteiger partial charge in [0.15, 0.2) is 12.0 Å². The minimum atomic E-state index is -0.901. The molecule has 0 unspecified atom stereocenters. The molecule has 122 valence electrons. The minimum absolute atomic E-state index is 0.0159. The van der Waals surface area contributed by atoms with Gasteiger partial charge in [-0.1, -0.05) is 29.5 Å². The Morgan fingerprint density at radius 3 is 2.21 bits per heavy atom. The lowest BCUT2D eigenvalue weighted by molar-refractivity contribution is 0.0527. The van der Waals surface area contributed by atoms with Crippen LogP contribution in [0, 0.1) is 18.8 Å². The molecular formula is C18H14O6. The smallest absolute Gasteiger partial charge is 0.374 e. The third-order valence-electron chi connectivity index (χ3n) is 3.19. The van der Waals surface area contributed by atoms with E-state index in [1.165, 1.54) is 0 Å². The summed E-state index contributed by atoms with van der Waals surface area (Å²) in [7, 11) is 2.28. The first-order chi connectivity index (χ1) is 11.5. The van der Waals surface area contributed by atoms with Crippen molar-refractivity contribution in [1.29, 1.82) is 0 Å². The number of benzene rings is 1. The molecule has 0 amide bonds. The first-order valence-corrected chi connectivity index (χ1v) is 6.89. The summed E-state index contributed by atoms with van der Waals surface area (Å²) in [5.74, 6) is 3.12. The molecule has 0 aliphatic heterocycles. The van der Waals surface area contributed by atoms with Gasteiger partial charge in [0.1, 0.15) is 5.56 Å². The molecule has 0 radical (unpaired) electrons. The Morgan fingerprint density at radius 1 is 1.04 bits per heavy atom. The summed E-state index contributed by atoms with van der Waals surface area (Å²) in [5, 5.41) is 0. The van der Waals surface area contributed by atoms with Crippen molar-refractivity contribution in [2.75, 3.05) is 14.2 Å². The van der Waals surface area contributed by atoms with E-state index < -0.39 is 17.7 Å². The Balaban J connectivity index is 2.61. The number of furan rings is 1. The van der Waals surface area contributed by atoms with E-state index >= 15 is 0 Å². The van der Waals surface area contributed by atoms with Crippen molar-refractivity contribution in [2.45, 2.75) is 6.92 Å². The molecule has 6 nitrogen and oxygen atoms in total. The van der Waals surface area contributed by atoms with Gasteiger partial charge in [-0.3, -0.25) is 4.79 Å². The number of rotatable bonds is 3. The van der Waals surface area contributed by atoms with Crippen molar-refractivity contribution in [1.82, 2.24) is 0 Å². The van der Waals surface area contributed by atoms with Crippen molar-refractivity contribution in [3.05, 3.63) is 58.0 Å². The van der Waals surface area contributed by atoms with E-state index in [2.05, 4.69) is 21.3 Å². The number of aryl methyl sites for hydroxylation is 1. The zero-order chi connectivity index (χ0) is 17.7. The van der Waals surface area contributed by atoms with Gasteiger partial charge in [-0.2, -0.15) is 0 Å². The fraction of sp³-hybridized carbons (Fsp3) is 0.167. The zero-order valence-corrected chi connectivity index (χ0v) is 13.3. The lowest BCUT2D eigenvalue weighted by Crippen LogP contribution is -2.10. The summed E-state index contributed by atoms with van der Waals surface area (Å²) < 4.78 is 14.3. The van der Waals surface area contributed by atoms with Crippen molar-refractivity contribution >= 4 is 18.2 Å². The predicted molar refractivity (Wildman–Crippen MR) is 83.9 cm³/mol. The molecular weight excluding hydrogens is 312 g/mol. The number of carbonyl (C=O) groups is 3. The lowest BCUT2D eigenvalue weighted by atomic mass is 10.1. The van der Waals surface area contributed by atoms with Crippen LogP contribution in [0.25, 0.3) is 0 Å². The van der Waals surface area contributed by atoms with E-state index in [1.54, 1.807) is 12.1 Å². The largest absolute Gasteiger partial charge is 0.465 e. The molecule has 0 atom stereocenters. The molecule has 0 aliphatic rings. The number of esters is 2. The molecule has 0 spiro atoms. The van der Waals surface area contributed by atoms with Gasteiger partial charge < -0.3 is 13.9 Å². The molecule has 2 rings (SSSR count). The fourth-order valence-corrected chi connectivity index (χ4v) is 1.96. The second-order valence-electron chi connectivity index (χ2n) is 4.76. The van der Waals surface area contributed by atoms with Crippen LogP contribution in [0.3, 0.4) is 0 Å². The van der Waals surface area contributed by atoms with E-state index in [1.807, 2.05) is 19.1 Å². The van der Waals surface area contributed by atoms with Crippen LogP contribution < -0.4 is 0 Å². The van der Waals surface area contributed by atoms with Crippen LogP contribution in [0.15, 0.2) is 28.7 Å². The fourth-order valence-electron chi connectivity index (χ4n) is 1.96. The summed E-state index contributed by atoms with van der Waals surface area (Å²) in [6.07, 6.45) is 0.373. The van der Waals surface area contributed by atoms with Crippen LogP contribution in [-0.4, -0.2) is 32.4 Å². The van der Waals surface area contributed by atoms with Crippen LogP contribution in [0.4, 0.5) is 0 Å². The maximum atomic E-state index is 12.0. The third-order valence-corrected chi connectivity index (χ3v) is 3.19. The van der Waals surface area contributed by atoms with Gasteiger partial charge in [0.2, 0.25) is 5.76 Å². The summed E-state index contributed by atoms with van der Waals surface area (Å²) in [6.45, 7) is 1.94. The number of hydrogen-bond donors (Lipinski definition) is 0. The third kappa shape index (κ3) is 3.36. The van der Waals surface area contributed by atoms with Crippen molar-refractivity contribution in [2.24, 2.45) is 0 Å². The molecule has 24 heavy (non-hydrogen) atoms. The van der Waals surface area contributed by atoms with Crippen LogP contribution in [-0.2, 0) is 9.47 Å². The molecule has 2 aromatic rings. The number of ether oxygens (including phenoxy) is 2. The minimum Gasteiger partial charge on any atom is -0.465 e.